The lowest BCUT2D eigenvalue weighted by Gasteiger charge is -2.12. The minimum absolute atomic E-state index is 0.635. The molecule has 53 heavy (non-hydrogen) atoms. The molecule has 2 heterocycles. The summed E-state index contributed by atoms with van der Waals surface area (Å²) in [5, 5.41) is 10.4. The Bertz CT molecular complexity index is 3230. The molecule has 0 fully saturated rings. The van der Waals surface area contributed by atoms with Crippen LogP contribution >= 0.6 is 0 Å². The number of nitrogens with zero attached hydrogens (tertiary/aromatic N) is 2. The highest BCUT2D eigenvalue weighted by atomic mass is 16.3. The lowest BCUT2D eigenvalue weighted by atomic mass is 9.94. The van der Waals surface area contributed by atoms with Crippen LogP contribution in [0.25, 0.3) is 110 Å². The van der Waals surface area contributed by atoms with Crippen molar-refractivity contribution in [3.05, 3.63) is 182 Å². The van der Waals surface area contributed by atoms with Gasteiger partial charge in [-0.05, 0) is 91.0 Å². The SMILES string of the molecule is c1ccc2cc(-c3ccc(-c4nc(-c5ccc(-c6ccc7ccccc7c6)c6c5oc5cc7ccccc7cc56)nc5ccccc45)cc3)ccc2c1. The van der Waals surface area contributed by atoms with Crippen molar-refractivity contribution in [3.63, 3.8) is 0 Å². The Morgan fingerprint density at radius 2 is 0.906 bits per heavy atom. The molecule has 0 saturated heterocycles. The largest absolute Gasteiger partial charge is 0.455 e. The van der Waals surface area contributed by atoms with Gasteiger partial charge in [-0.2, -0.15) is 0 Å². The second kappa shape index (κ2) is 11.7. The zero-order valence-corrected chi connectivity index (χ0v) is 28.6. The minimum Gasteiger partial charge on any atom is -0.455 e. The number of benzene rings is 9. The maximum Gasteiger partial charge on any atom is 0.164 e. The van der Waals surface area contributed by atoms with Gasteiger partial charge in [0, 0.05) is 21.7 Å². The van der Waals surface area contributed by atoms with Gasteiger partial charge in [-0.25, -0.2) is 9.97 Å². The van der Waals surface area contributed by atoms with Crippen LogP contribution in [0.3, 0.4) is 0 Å². The average molecular weight is 675 g/mol. The van der Waals surface area contributed by atoms with Gasteiger partial charge in [0.1, 0.15) is 11.2 Å². The van der Waals surface area contributed by atoms with Crippen LogP contribution in [-0.4, -0.2) is 9.97 Å². The molecule has 11 rings (SSSR count). The van der Waals surface area contributed by atoms with Gasteiger partial charge in [0.2, 0.25) is 0 Å². The van der Waals surface area contributed by atoms with Crippen LogP contribution in [0.2, 0.25) is 0 Å². The monoisotopic (exact) mass is 674 g/mol. The molecular weight excluding hydrogens is 645 g/mol. The standard InChI is InChI=1S/C50H30N2O/c1-3-11-35-27-39(23-19-31(35)9-1)33-17-21-34(22-18-33)48-42-15-7-8-16-45(42)51-50(52-48)43-26-25-41(40-24-20-32-10-2-4-12-36(32)28-40)47-44-29-37-13-5-6-14-38(37)30-46(44)53-49(43)47/h1-30H. The van der Waals surface area contributed by atoms with Crippen molar-refractivity contribution < 1.29 is 4.42 Å². The van der Waals surface area contributed by atoms with Gasteiger partial charge in [-0.15, -0.1) is 0 Å². The van der Waals surface area contributed by atoms with Crippen LogP contribution in [0.5, 0.6) is 0 Å². The fourth-order valence-corrected chi connectivity index (χ4v) is 7.95. The van der Waals surface area contributed by atoms with Crippen molar-refractivity contribution in [1.29, 1.82) is 0 Å². The molecule has 11 aromatic rings. The quantitative estimate of drug-likeness (QED) is 0.186. The molecule has 3 nitrogen and oxygen atoms in total. The number of hydrogen-bond donors (Lipinski definition) is 0. The maximum absolute atomic E-state index is 6.87. The van der Waals surface area contributed by atoms with Gasteiger partial charge < -0.3 is 4.42 Å². The fraction of sp³-hybridized carbons (Fsp3) is 0. The molecule has 9 aromatic carbocycles. The molecule has 0 unspecified atom stereocenters. The first-order valence-corrected chi connectivity index (χ1v) is 18.0. The molecule has 0 amide bonds. The Kier molecular flexibility index (Phi) is 6.55. The first-order chi connectivity index (χ1) is 26.2. The van der Waals surface area contributed by atoms with Gasteiger partial charge in [0.15, 0.2) is 5.82 Å². The lowest BCUT2D eigenvalue weighted by Crippen LogP contribution is -1.96. The first kappa shape index (κ1) is 29.6. The molecule has 0 aliphatic heterocycles. The molecule has 0 spiro atoms. The highest BCUT2D eigenvalue weighted by molar-refractivity contribution is 6.19. The Labute approximate surface area is 305 Å². The van der Waals surface area contributed by atoms with Gasteiger partial charge in [-0.1, -0.05) is 146 Å². The number of furan rings is 1. The summed E-state index contributed by atoms with van der Waals surface area (Å²) in [5.41, 5.74) is 9.93. The molecule has 0 atom stereocenters. The van der Waals surface area contributed by atoms with E-state index >= 15 is 0 Å². The third kappa shape index (κ3) is 4.90. The number of aromatic nitrogens is 2. The number of fused-ring (bicyclic) bond motifs is 7. The summed E-state index contributed by atoms with van der Waals surface area (Å²) in [5.74, 6) is 0.635. The fourth-order valence-electron chi connectivity index (χ4n) is 7.95. The number of hydrogen-bond acceptors (Lipinski definition) is 3. The van der Waals surface area contributed by atoms with E-state index in [1.165, 1.54) is 38.1 Å². The molecule has 3 heteroatoms. The van der Waals surface area contributed by atoms with Crippen LogP contribution in [0.1, 0.15) is 0 Å². The topological polar surface area (TPSA) is 38.9 Å². The van der Waals surface area contributed by atoms with Crippen LogP contribution in [0.4, 0.5) is 0 Å². The third-order valence-corrected chi connectivity index (χ3v) is 10.6. The van der Waals surface area contributed by atoms with Gasteiger partial charge >= 0.3 is 0 Å². The molecule has 0 N–H and O–H groups in total. The summed E-state index contributed by atoms with van der Waals surface area (Å²) in [7, 11) is 0. The van der Waals surface area contributed by atoms with Crippen molar-refractivity contribution in [2.75, 3.05) is 0 Å². The van der Waals surface area contributed by atoms with E-state index in [4.69, 9.17) is 14.4 Å². The van der Waals surface area contributed by atoms with E-state index in [0.29, 0.717) is 5.82 Å². The molecule has 246 valence electrons. The molecule has 0 aliphatic rings. The van der Waals surface area contributed by atoms with E-state index in [2.05, 4.69) is 176 Å². The Morgan fingerprint density at radius 3 is 1.64 bits per heavy atom. The van der Waals surface area contributed by atoms with Crippen molar-refractivity contribution >= 4 is 65.2 Å². The van der Waals surface area contributed by atoms with E-state index in [0.717, 1.165) is 66.2 Å². The summed E-state index contributed by atoms with van der Waals surface area (Å²) in [6.45, 7) is 0. The summed E-state index contributed by atoms with van der Waals surface area (Å²) in [6.07, 6.45) is 0. The molecule has 2 aromatic heterocycles. The van der Waals surface area contributed by atoms with E-state index in [9.17, 15) is 0 Å². The second-order valence-electron chi connectivity index (χ2n) is 13.8. The normalized spacial score (nSPS) is 11.8. The molecule has 0 radical (unpaired) electrons. The van der Waals surface area contributed by atoms with Crippen LogP contribution in [0, 0.1) is 0 Å². The van der Waals surface area contributed by atoms with Crippen LogP contribution in [0.15, 0.2) is 186 Å². The van der Waals surface area contributed by atoms with E-state index in [1.807, 2.05) is 6.07 Å². The summed E-state index contributed by atoms with van der Waals surface area (Å²) in [6, 6.07) is 64.5. The van der Waals surface area contributed by atoms with Crippen LogP contribution in [-0.2, 0) is 0 Å². The Hall–Kier alpha value is -7.10. The maximum atomic E-state index is 6.87. The summed E-state index contributed by atoms with van der Waals surface area (Å²) >= 11 is 0. The zero-order chi connectivity index (χ0) is 34.9. The Balaban J connectivity index is 1.11. The van der Waals surface area contributed by atoms with E-state index in [-0.39, 0.29) is 0 Å². The Morgan fingerprint density at radius 1 is 0.358 bits per heavy atom. The van der Waals surface area contributed by atoms with Crippen molar-refractivity contribution in [2.24, 2.45) is 0 Å². The second-order valence-corrected chi connectivity index (χ2v) is 13.8. The zero-order valence-electron chi connectivity index (χ0n) is 28.6. The highest BCUT2D eigenvalue weighted by Gasteiger charge is 2.21. The van der Waals surface area contributed by atoms with Crippen molar-refractivity contribution in [3.8, 4) is 44.9 Å². The predicted octanol–water partition coefficient (Wildman–Crippen LogP) is 13.7. The van der Waals surface area contributed by atoms with E-state index < -0.39 is 0 Å². The first-order valence-electron chi connectivity index (χ1n) is 18.0. The predicted molar refractivity (Wildman–Crippen MR) is 221 cm³/mol. The van der Waals surface area contributed by atoms with Crippen LogP contribution < -0.4 is 0 Å². The third-order valence-electron chi connectivity index (χ3n) is 10.6. The van der Waals surface area contributed by atoms with Gasteiger partial charge in [0.05, 0.1) is 16.8 Å². The average Bonchev–Trinajstić information content (AvgIpc) is 3.60. The molecule has 0 saturated carbocycles. The molecule has 0 aliphatic carbocycles. The highest BCUT2D eigenvalue weighted by Crippen LogP contribution is 2.43. The molecule has 0 bridgehead atoms. The summed E-state index contributed by atoms with van der Waals surface area (Å²) in [4.78, 5) is 10.5. The lowest BCUT2D eigenvalue weighted by molar-refractivity contribution is 0.670. The van der Waals surface area contributed by atoms with Crippen molar-refractivity contribution in [1.82, 2.24) is 9.97 Å². The minimum atomic E-state index is 0.635. The van der Waals surface area contributed by atoms with E-state index in [1.54, 1.807) is 0 Å². The summed E-state index contributed by atoms with van der Waals surface area (Å²) < 4.78 is 6.87. The molecular formula is C50H30N2O. The van der Waals surface area contributed by atoms with Crippen molar-refractivity contribution in [2.45, 2.75) is 0 Å². The number of para-hydroxylation sites is 1. The smallest absolute Gasteiger partial charge is 0.164 e. The van der Waals surface area contributed by atoms with Gasteiger partial charge in [-0.3, -0.25) is 0 Å². The van der Waals surface area contributed by atoms with Gasteiger partial charge in [0.25, 0.3) is 0 Å². The number of rotatable bonds is 4.